The average molecular weight is 373 g/mol. The highest BCUT2D eigenvalue weighted by Gasteiger charge is 2.02. The molecule has 0 aliphatic rings. The minimum absolute atomic E-state index is 0.161. The van der Waals surface area contributed by atoms with Crippen molar-refractivity contribution in [2.45, 2.75) is 6.92 Å². The van der Waals surface area contributed by atoms with Crippen LogP contribution in [0.4, 0.5) is 5.69 Å². The van der Waals surface area contributed by atoms with E-state index in [2.05, 4.69) is 5.32 Å². The SMILES string of the molecule is CC(=O)Nc1ccc(OC(=O)/C=C/c2cccc(Oc3ccccc3)c2)cc1. The molecule has 0 aliphatic carbocycles. The van der Waals surface area contributed by atoms with Gasteiger partial charge in [-0.05, 0) is 60.2 Å². The van der Waals surface area contributed by atoms with Crippen LogP contribution >= 0.6 is 0 Å². The molecule has 140 valence electrons. The van der Waals surface area contributed by atoms with Gasteiger partial charge in [-0.3, -0.25) is 4.79 Å². The van der Waals surface area contributed by atoms with Gasteiger partial charge < -0.3 is 14.8 Å². The molecular formula is C23H19NO4. The normalized spacial score (nSPS) is 10.5. The molecule has 3 rings (SSSR count). The predicted octanol–water partition coefficient (Wildman–Crippen LogP) is 5.06. The number of carbonyl (C=O) groups is 2. The van der Waals surface area contributed by atoms with E-state index in [0.29, 0.717) is 17.2 Å². The smallest absolute Gasteiger partial charge is 0.336 e. The van der Waals surface area contributed by atoms with Gasteiger partial charge in [0.25, 0.3) is 0 Å². The molecule has 5 heteroatoms. The van der Waals surface area contributed by atoms with Gasteiger partial charge in [-0.1, -0.05) is 30.3 Å². The Morgan fingerprint density at radius 2 is 1.54 bits per heavy atom. The molecule has 5 nitrogen and oxygen atoms in total. The number of benzene rings is 3. The second-order valence-corrected chi connectivity index (χ2v) is 5.95. The fourth-order valence-electron chi connectivity index (χ4n) is 2.43. The Bertz CT molecular complexity index is 979. The van der Waals surface area contributed by atoms with Gasteiger partial charge in [0.2, 0.25) is 5.91 Å². The van der Waals surface area contributed by atoms with Gasteiger partial charge >= 0.3 is 5.97 Å². The van der Waals surface area contributed by atoms with Crippen LogP contribution in [0, 0.1) is 0 Å². The van der Waals surface area contributed by atoms with Crippen LogP contribution in [-0.4, -0.2) is 11.9 Å². The second-order valence-electron chi connectivity index (χ2n) is 5.95. The average Bonchev–Trinajstić information content (AvgIpc) is 2.69. The molecular weight excluding hydrogens is 354 g/mol. The lowest BCUT2D eigenvalue weighted by molar-refractivity contribution is -0.128. The third-order valence-corrected chi connectivity index (χ3v) is 3.64. The molecule has 3 aromatic carbocycles. The van der Waals surface area contributed by atoms with E-state index in [1.54, 1.807) is 30.3 Å². The molecule has 28 heavy (non-hydrogen) atoms. The van der Waals surface area contributed by atoms with Gasteiger partial charge in [-0.25, -0.2) is 4.79 Å². The van der Waals surface area contributed by atoms with Crippen LogP contribution in [0.25, 0.3) is 6.08 Å². The summed E-state index contributed by atoms with van der Waals surface area (Å²) in [7, 11) is 0. The van der Waals surface area contributed by atoms with Crippen molar-refractivity contribution in [1.29, 1.82) is 0 Å². The molecule has 0 spiro atoms. The Kier molecular flexibility index (Phi) is 6.21. The monoisotopic (exact) mass is 373 g/mol. The van der Waals surface area contributed by atoms with Gasteiger partial charge in [0.15, 0.2) is 0 Å². The molecule has 0 saturated carbocycles. The first-order valence-corrected chi connectivity index (χ1v) is 8.69. The minimum Gasteiger partial charge on any atom is -0.457 e. The highest BCUT2D eigenvalue weighted by molar-refractivity contribution is 5.90. The zero-order valence-electron chi connectivity index (χ0n) is 15.3. The van der Waals surface area contributed by atoms with Crippen LogP contribution in [0.1, 0.15) is 12.5 Å². The molecule has 3 aromatic rings. The van der Waals surface area contributed by atoms with Crippen LogP contribution in [0.3, 0.4) is 0 Å². The van der Waals surface area contributed by atoms with Crippen molar-refractivity contribution in [3.05, 3.63) is 90.5 Å². The fraction of sp³-hybridized carbons (Fsp3) is 0.0435. The quantitative estimate of drug-likeness (QED) is 0.373. The fourth-order valence-corrected chi connectivity index (χ4v) is 2.43. The standard InChI is InChI=1S/C23H19NO4/c1-17(25)24-19-11-13-21(14-12-19)28-23(26)15-10-18-6-5-9-22(16-18)27-20-7-3-2-4-8-20/h2-16H,1H3,(H,24,25)/b15-10+. The van der Waals surface area contributed by atoms with Crippen LogP contribution < -0.4 is 14.8 Å². The molecule has 0 fully saturated rings. The number of hydrogen-bond donors (Lipinski definition) is 1. The second kappa shape index (κ2) is 9.19. The van der Waals surface area contributed by atoms with Crippen molar-refractivity contribution in [3.63, 3.8) is 0 Å². The van der Waals surface area contributed by atoms with Crippen molar-refractivity contribution >= 4 is 23.6 Å². The molecule has 0 atom stereocenters. The van der Waals surface area contributed by atoms with E-state index >= 15 is 0 Å². The first kappa shape index (κ1) is 18.9. The van der Waals surface area contributed by atoms with Crippen molar-refractivity contribution in [2.24, 2.45) is 0 Å². The molecule has 0 heterocycles. The van der Waals surface area contributed by atoms with Crippen molar-refractivity contribution in [2.75, 3.05) is 5.32 Å². The summed E-state index contributed by atoms with van der Waals surface area (Å²) in [5.41, 5.74) is 1.45. The first-order chi connectivity index (χ1) is 13.6. The van der Waals surface area contributed by atoms with Crippen LogP contribution in [0.15, 0.2) is 84.9 Å². The minimum atomic E-state index is -0.498. The van der Waals surface area contributed by atoms with Crippen molar-refractivity contribution in [1.82, 2.24) is 0 Å². The van der Waals surface area contributed by atoms with E-state index in [4.69, 9.17) is 9.47 Å². The number of esters is 1. The van der Waals surface area contributed by atoms with E-state index in [1.807, 2.05) is 54.6 Å². The maximum Gasteiger partial charge on any atom is 0.336 e. The number of ether oxygens (including phenoxy) is 2. The van der Waals surface area contributed by atoms with Crippen LogP contribution in [-0.2, 0) is 9.59 Å². The molecule has 0 saturated heterocycles. The van der Waals surface area contributed by atoms with Gasteiger partial charge in [-0.15, -0.1) is 0 Å². The largest absolute Gasteiger partial charge is 0.457 e. The Morgan fingerprint density at radius 1 is 0.821 bits per heavy atom. The maximum atomic E-state index is 12.0. The summed E-state index contributed by atoms with van der Waals surface area (Å²) >= 11 is 0. The lowest BCUT2D eigenvalue weighted by Crippen LogP contribution is -2.06. The number of hydrogen-bond acceptors (Lipinski definition) is 4. The first-order valence-electron chi connectivity index (χ1n) is 8.69. The molecule has 0 unspecified atom stereocenters. The molecule has 0 aliphatic heterocycles. The predicted molar refractivity (Wildman–Crippen MR) is 108 cm³/mol. The maximum absolute atomic E-state index is 12.0. The molecule has 1 amide bonds. The van der Waals surface area contributed by atoms with Gasteiger partial charge in [-0.2, -0.15) is 0 Å². The van der Waals surface area contributed by atoms with Crippen LogP contribution in [0.2, 0.25) is 0 Å². The van der Waals surface area contributed by atoms with Crippen molar-refractivity contribution in [3.8, 4) is 17.2 Å². The van der Waals surface area contributed by atoms with Gasteiger partial charge in [0.1, 0.15) is 17.2 Å². The summed E-state index contributed by atoms with van der Waals surface area (Å²) in [4.78, 5) is 23.0. The summed E-state index contributed by atoms with van der Waals surface area (Å²) < 4.78 is 11.0. The third-order valence-electron chi connectivity index (χ3n) is 3.64. The third kappa shape index (κ3) is 5.85. The highest BCUT2D eigenvalue weighted by Crippen LogP contribution is 2.22. The molecule has 0 radical (unpaired) electrons. The number of carbonyl (C=O) groups excluding carboxylic acids is 2. The van der Waals surface area contributed by atoms with E-state index in [1.165, 1.54) is 13.0 Å². The highest BCUT2D eigenvalue weighted by atomic mass is 16.5. The summed E-state index contributed by atoms with van der Waals surface area (Å²) in [6.45, 7) is 1.43. The Morgan fingerprint density at radius 3 is 2.25 bits per heavy atom. The summed E-state index contributed by atoms with van der Waals surface area (Å²) in [5, 5.41) is 2.65. The number of rotatable bonds is 6. The van der Waals surface area contributed by atoms with Crippen molar-refractivity contribution < 1.29 is 19.1 Å². The summed E-state index contributed by atoms with van der Waals surface area (Å²) in [5.74, 6) is 1.15. The van der Waals surface area contributed by atoms with Gasteiger partial charge in [0.05, 0.1) is 0 Å². The number of amides is 1. The van der Waals surface area contributed by atoms with Crippen LogP contribution in [0.5, 0.6) is 17.2 Å². The lowest BCUT2D eigenvalue weighted by atomic mass is 10.2. The molecule has 1 N–H and O–H groups in total. The Balaban J connectivity index is 1.59. The Hall–Kier alpha value is -3.86. The van der Waals surface area contributed by atoms with E-state index in [9.17, 15) is 9.59 Å². The van der Waals surface area contributed by atoms with Gasteiger partial charge in [0, 0.05) is 18.7 Å². The number of para-hydroxylation sites is 1. The van der Waals surface area contributed by atoms with E-state index in [-0.39, 0.29) is 5.91 Å². The Labute approximate surface area is 163 Å². The lowest BCUT2D eigenvalue weighted by Gasteiger charge is -2.06. The zero-order chi connectivity index (χ0) is 19.8. The topological polar surface area (TPSA) is 64.6 Å². The van der Waals surface area contributed by atoms with E-state index < -0.39 is 5.97 Å². The number of nitrogens with one attached hydrogen (secondary N) is 1. The molecule has 0 bridgehead atoms. The number of anilines is 1. The molecule has 0 aromatic heterocycles. The van der Waals surface area contributed by atoms with E-state index in [0.717, 1.165) is 11.3 Å². The summed E-state index contributed by atoms with van der Waals surface area (Å²) in [6, 6.07) is 23.4. The zero-order valence-corrected chi connectivity index (χ0v) is 15.3. The summed E-state index contributed by atoms with van der Waals surface area (Å²) in [6.07, 6.45) is 3.01.